The lowest BCUT2D eigenvalue weighted by Gasteiger charge is -2.23. The number of nitrogens with one attached hydrogen (secondary N) is 3. The van der Waals surface area contributed by atoms with Crippen LogP contribution in [0.25, 0.3) is 11.1 Å². The third-order valence-electron chi connectivity index (χ3n) is 8.87. The molecule has 0 spiro atoms. The molecule has 8 heteroatoms. The Morgan fingerprint density at radius 1 is 0.667 bits per heavy atom. The van der Waals surface area contributed by atoms with Gasteiger partial charge in [0.15, 0.2) is 0 Å². The molecule has 1 aliphatic rings. The summed E-state index contributed by atoms with van der Waals surface area (Å²) in [5, 5.41) is 8.59. The van der Waals surface area contributed by atoms with Crippen molar-refractivity contribution >= 4 is 18.1 Å². The normalized spacial score (nSPS) is 12.9. The summed E-state index contributed by atoms with van der Waals surface area (Å²) in [4.78, 5) is 38.1. The second-order valence-electron chi connectivity index (χ2n) is 14.1. The molecular formula is C40H61N3O5. The molecule has 0 aromatic heterocycles. The van der Waals surface area contributed by atoms with Crippen molar-refractivity contribution in [3.05, 3.63) is 59.7 Å². The minimum Gasteiger partial charge on any atom is -0.449 e. The fourth-order valence-corrected chi connectivity index (χ4v) is 6.33. The molecule has 1 aliphatic carbocycles. The van der Waals surface area contributed by atoms with Gasteiger partial charge in [0.05, 0.1) is 0 Å². The Hall–Kier alpha value is -3.55. The maximum absolute atomic E-state index is 13.0. The predicted molar refractivity (Wildman–Crippen MR) is 194 cm³/mol. The van der Waals surface area contributed by atoms with Crippen molar-refractivity contribution in [3.8, 4) is 11.1 Å². The van der Waals surface area contributed by atoms with Crippen molar-refractivity contribution in [2.24, 2.45) is 0 Å². The van der Waals surface area contributed by atoms with Gasteiger partial charge in [-0.2, -0.15) is 0 Å². The van der Waals surface area contributed by atoms with E-state index in [1.807, 2.05) is 24.3 Å². The van der Waals surface area contributed by atoms with Crippen LogP contribution in [0.2, 0.25) is 0 Å². The van der Waals surface area contributed by atoms with Crippen molar-refractivity contribution < 1.29 is 23.9 Å². The number of benzene rings is 2. The maximum atomic E-state index is 13.0. The highest BCUT2D eigenvalue weighted by Crippen LogP contribution is 2.44. The number of fused-ring (bicyclic) bond motifs is 3. The molecule has 3 rings (SSSR count). The Labute approximate surface area is 289 Å². The van der Waals surface area contributed by atoms with Gasteiger partial charge in [0.25, 0.3) is 0 Å². The standard InChI is InChI=1S/C40H61N3O5/c1-5-6-7-8-9-10-11-12-13-14-15-21-28-41-37(44)36(43-39(46)48-40(2,3)4)27-20-22-29-42-38(45)47-30-35-33-25-18-16-23-31(33)32-24-17-19-26-34(32)35/h16-19,23-26,35-36H,5-15,20-22,27-30H2,1-4H3,(H,41,44)(H,42,45)(H,43,46). The molecule has 2 aromatic carbocycles. The first-order chi connectivity index (χ1) is 23.2. The zero-order valence-corrected chi connectivity index (χ0v) is 30.0. The second kappa shape index (κ2) is 21.4. The number of unbranched alkanes of at least 4 members (excludes halogenated alkanes) is 12. The predicted octanol–water partition coefficient (Wildman–Crippen LogP) is 9.41. The highest BCUT2D eigenvalue weighted by atomic mass is 16.6. The lowest BCUT2D eigenvalue weighted by atomic mass is 9.98. The van der Waals surface area contributed by atoms with Gasteiger partial charge in [0, 0.05) is 19.0 Å². The van der Waals surface area contributed by atoms with Gasteiger partial charge in [-0.15, -0.1) is 0 Å². The molecule has 3 N–H and O–H groups in total. The van der Waals surface area contributed by atoms with Gasteiger partial charge in [-0.1, -0.05) is 126 Å². The van der Waals surface area contributed by atoms with E-state index in [0.29, 0.717) is 32.4 Å². The Bertz CT molecular complexity index is 1210. The van der Waals surface area contributed by atoms with Crippen molar-refractivity contribution in [2.75, 3.05) is 19.7 Å². The van der Waals surface area contributed by atoms with Gasteiger partial charge in [-0.3, -0.25) is 4.79 Å². The number of alkyl carbamates (subject to hydrolysis) is 2. The molecule has 0 aliphatic heterocycles. The van der Waals surface area contributed by atoms with E-state index in [1.165, 1.54) is 86.5 Å². The van der Waals surface area contributed by atoms with E-state index in [0.717, 1.165) is 12.8 Å². The summed E-state index contributed by atoms with van der Waals surface area (Å²) in [7, 11) is 0. The van der Waals surface area contributed by atoms with Gasteiger partial charge < -0.3 is 25.4 Å². The van der Waals surface area contributed by atoms with Gasteiger partial charge in [0.1, 0.15) is 18.2 Å². The van der Waals surface area contributed by atoms with Crippen LogP contribution in [0.4, 0.5) is 9.59 Å². The van der Waals surface area contributed by atoms with Crippen LogP contribution in [0, 0.1) is 0 Å². The highest BCUT2D eigenvalue weighted by Gasteiger charge is 2.29. The first-order valence-electron chi connectivity index (χ1n) is 18.6. The molecule has 0 radical (unpaired) electrons. The summed E-state index contributed by atoms with van der Waals surface area (Å²) < 4.78 is 11.0. The maximum Gasteiger partial charge on any atom is 0.408 e. The molecule has 0 saturated heterocycles. The number of hydrogen-bond acceptors (Lipinski definition) is 5. The number of carbonyl (C=O) groups is 3. The topological polar surface area (TPSA) is 106 Å². The Balaban J connectivity index is 1.32. The first-order valence-corrected chi connectivity index (χ1v) is 18.6. The van der Waals surface area contributed by atoms with Crippen LogP contribution in [-0.4, -0.2) is 49.4 Å². The lowest BCUT2D eigenvalue weighted by molar-refractivity contribution is -0.123. The summed E-state index contributed by atoms with van der Waals surface area (Å²) in [6.45, 7) is 8.91. The van der Waals surface area contributed by atoms with Gasteiger partial charge in [-0.05, 0) is 68.7 Å². The van der Waals surface area contributed by atoms with E-state index in [2.05, 4.69) is 47.1 Å². The fraction of sp³-hybridized carbons (Fsp3) is 0.625. The second-order valence-corrected chi connectivity index (χ2v) is 14.1. The smallest absolute Gasteiger partial charge is 0.408 e. The van der Waals surface area contributed by atoms with E-state index in [9.17, 15) is 14.4 Å². The van der Waals surface area contributed by atoms with E-state index in [4.69, 9.17) is 9.47 Å². The van der Waals surface area contributed by atoms with E-state index >= 15 is 0 Å². The van der Waals surface area contributed by atoms with E-state index < -0.39 is 23.8 Å². The molecule has 2 aromatic rings. The van der Waals surface area contributed by atoms with Crippen LogP contribution in [0.1, 0.15) is 141 Å². The third kappa shape index (κ3) is 14.3. The summed E-state index contributed by atoms with van der Waals surface area (Å²) in [5.41, 5.74) is 4.07. The molecule has 0 fully saturated rings. The van der Waals surface area contributed by atoms with Crippen LogP contribution >= 0.6 is 0 Å². The zero-order valence-electron chi connectivity index (χ0n) is 30.0. The van der Waals surface area contributed by atoms with Crippen molar-refractivity contribution in [3.63, 3.8) is 0 Å². The Kier molecular flexibility index (Phi) is 17.4. The van der Waals surface area contributed by atoms with Gasteiger partial charge in [0.2, 0.25) is 5.91 Å². The molecule has 3 amide bonds. The number of hydrogen-bond donors (Lipinski definition) is 3. The van der Waals surface area contributed by atoms with Gasteiger partial charge in [-0.25, -0.2) is 9.59 Å². The van der Waals surface area contributed by atoms with Crippen molar-refractivity contribution in [1.82, 2.24) is 16.0 Å². The summed E-state index contributed by atoms with van der Waals surface area (Å²) in [6, 6.07) is 15.8. The number of ether oxygens (including phenoxy) is 2. The van der Waals surface area contributed by atoms with Crippen molar-refractivity contribution in [1.29, 1.82) is 0 Å². The lowest BCUT2D eigenvalue weighted by Crippen LogP contribution is -2.48. The minimum absolute atomic E-state index is 0.0104. The molecule has 8 nitrogen and oxygen atoms in total. The molecule has 48 heavy (non-hydrogen) atoms. The Morgan fingerprint density at radius 2 is 1.17 bits per heavy atom. The number of amides is 3. The molecule has 1 atom stereocenters. The quantitative estimate of drug-likeness (QED) is 0.109. The highest BCUT2D eigenvalue weighted by molar-refractivity contribution is 5.85. The molecule has 0 saturated carbocycles. The number of carbonyl (C=O) groups excluding carboxylic acids is 3. The van der Waals surface area contributed by atoms with Crippen LogP contribution in [0.15, 0.2) is 48.5 Å². The third-order valence-corrected chi connectivity index (χ3v) is 8.87. The van der Waals surface area contributed by atoms with Crippen molar-refractivity contribution in [2.45, 2.75) is 142 Å². The SMILES string of the molecule is CCCCCCCCCCCCCCNC(=O)C(CCCCNC(=O)OCC1c2ccccc2-c2ccccc21)NC(=O)OC(C)(C)C. The zero-order chi connectivity index (χ0) is 34.6. The summed E-state index contributed by atoms with van der Waals surface area (Å²) >= 11 is 0. The molecule has 0 heterocycles. The van der Waals surface area contributed by atoms with Crippen LogP contribution in [0.3, 0.4) is 0 Å². The Morgan fingerprint density at radius 3 is 1.73 bits per heavy atom. The molecular weight excluding hydrogens is 602 g/mol. The monoisotopic (exact) mass is 663 g/mol. The van der Waals surface area contributed by atoms with Crippen LogP contribution in [0.5, 0.6) is 0 Å². The van der Waals surface area contributed by atoms with E-state index in [1.54, 1.807) is 20.8 Å². The summed E-state index contributed by atoms with van der Waals surface area (Å²) in [6.07, 6.45) is 15.8. The number of rotatable bonds is 22. The fourth-order valence-electron chi connectivity index (χ4n) is 6.33. The van der Waals surface area contributed by atoms with Crippen LogP contribution in [-0.2, 0) is 14.3 Å². The largest absolute Gasteiger partial charge is 0.449 e. The first kappa shape index (κ1) is 38.9. The average Bonchev–Trinajstić information content (AvgIpc) is 3.37. The summed E-state index contributed by atoms with van der Waals surface area (Å²) in [5.74, 6) is -0.190. The molecule has 266 valence electrons. The van der Waals surface area contributed by atoms with Gasteiger partial charge >= 0.3 is 12.2 Å². The molecule has 1 unspecified atom stereocenters. The minimum atomic E-state index is -0.702. The van der Waals surface area contributed by atoms with E-state index in [-0.39, 0.29) is 18.4 Å². The van der Waals surface area contributed by atoms with Crippen LogP contribution < -0.4 is 16.0 Å². The average molecular weight is 664 g/mol. The molecule has 0 bridgehead atoms.